The van der Waals surface area contributed by atoms with Crippen molar-refractivity contribution in [3.63, 3.8) is 0 Å². The molecule has 3 aromatic carbocycles. The zero-order valence-electron chi connectivity index (χ0n) is 16.7. The van der Waals surface area contributed by atoms with Crippen molar-refractivity contribution >= 4 is 17.5 Å². The molecule has 1 saturated heterocycles. The van der Waals surface area contributed by atoms with Gasteiger partial charge in [-0.1, -0.05) is 60.7 Å². The molecular formula is C25H24N2O3. The molecule has 0 saturated carbocycles. The van der Waals surface area contributed by atoms with E-state index < -0.39 is 0 Å². The van der Waals surface area contributed by atoms with Gasteiger partial charge in [0, 0.05) is 19.5 Å². The number of nitrogens with zero attached hydrogens (tertiary/aromatic N) is 1. The number of hydrogen-bond acceptors (Lipinski definition) is 3. The van der Waals surface area contributed by atoms with E-state index in [1.54, 1.807) is 11.0 Å². The van der Waals surface area contributed by atoms with Crippen molar-refractivity contribution in [2.45, 2.75) is 12.8 Å². The molecule has 1 atom stereocenters. The van der Waals surface area contributed by atoms with Crippen LogP contribution in [0.5, 0.6) is 11.5 Å². The molecule has 2 amide bonds. The number of para-hydroxylation sites is 3. The van der Waals surface area contributed by atoms with Gasteiger partial charge in [-0.15, -0.1) is 0 Å². The maximum absolute atomic E-state index is 12.8. The Balaban J connectivity index is 1.37. The number of carbonyl (C=O) groups is 2. The lowest BCUT2D eigenvalue weighted by Gasteiger charge is -2.17. The lowest BCUT2D eigenvalue weighted by molar-refractivity contribution is -0.128. The third kappa shape index (κ3) is 4.87. The first-order chi connectivity index (χ1) is 14.7. The van der Waals surface area contributed by atoms with Gasteiger partial charge < -0.3 is 15.0 Å². The van der Waals surface area contributed by atoms with Gasteiger partial charge in [-0.25, -0.2) is 0 Å². The monoisotopic (exact) mass is 400 g/mol. The molecule has 30 heavy (non-hydrogen) atoms. The van der Waals surface area contributed by atoms with Crippen molar-refractivity contribution in [3.8, 4) is 11.5 Å². The number of ether oxygens (including phenoxy) is 1. The Labute approximate surface area is 176 Å². The summed E-state index contributed by atoms with van der Waals surface area (Å²) < 4.78 is 5.91. The summed E-state index contributed by atoms with van der Waals surface area (Å²) in [5, 5.41) is 2.94. The van der Waals surface area contributed by atoms with Crippen LogP contribution < -0.4 is 10.1 Å². The fraction of sp³-hybridized carbons (Fsp3) is 0.200. The summed E-state index contributed by atoms with van der Waals surface area (Å²) in [7, 11) is 0. The second-order valence-electron chi connectivity index (χ2n) is 7.38. The van der Waals surface area contributed by atoms with E-state index in [4.69, 9.17) is 4.74 Å². The van der Waals surface area contributed by atoms with Gasteiger partial charge >= 0.3 is 0 Å². The summed E-state index contributed by atoms with van der Waals surface area (Å²) in [6, 6.07) is 26.8. The SMILES string of the molecule is O=C(Nc1ccccc1Oc1ccccc1)[C@H]1CC(=O)N(CCc2ccccc2)C1. The lowest BCUT2D eigenvalue weighted by atomic mass is 10.1. The second-order valence-corrected chi connectivity index (χ2v) is 7.38. The third-order valence-electron chi connectivity index (χ3n) is 5.21. The number of hydrogen-bond donors (Lipinski definition) is 1. The average molecular weight is 400 g/mol. The van der Waals surface area contributed by atoms with Gasteiger partial charge in [-0.3, -0.25) is 9.59 Å². The molecule has 0 unspecified atom stereocenters. The molecule has 0 aliphatic carbocycles. The number of anilines is 1. The summed E-state index contributed by atoms with van der Waals surface area (Å²) >= 11 is 0. The molecule has 4 rings (SSSR count). The average Bonchev–Trinajstić information content (AvgIpc) is 3.16. The van der Waals surface area contributed by atoms with Gasteiger partial charge in [0.25, 0.3) is 0 Å². The fourth-order valence-corrected chi connectivity index (χ4v) is 3.58. The highest BCUT2D eigenvalue weighted by molar-refractivity contribution is 5.98. The van der Waals surface area contributed by atoms with Gasteiger partial charge in [0.05, 0.1) is 11.6 Å². The van der Waals surface area contributed by atoms with Crippen LogP contribution in [0.25, 0.3) is 0 Å². The minimum atomic E-state index is -0.363. The number of benzene rings is 3. The van der Waals surface area contributed by atoms with Crippen molar-refractivity contribution in [1.29, 1.82) is 0 Å². The van der Waals surface area contributed by atoms with E-state index in [2.05, 4.69) is 17.4 Å². The van der Waals surface area contributed by atoms with Crippen LogP contribution in [0.15, 0.2) is 84.9 Å². The van der Waals surface area contributed by atoms with Crippen LogP contribution >= 0.6 is 0 Å². The Kier molecular flexibility index (Phi) is 6.09. The highest BCUT2D eigenvalue weighted by atomic mass is 16.5. The molecule has 1 aliphatic heterocycles. The molecule has 1 heterocycles. The van der Waals surface area contributed by atoms with Gasteiger partial charge in [0.15, 0.2) is 5.75 Å². The predicted octanol–water partition coefficient (Wildman–Crippen LogP) is 4.51. The lowest BCUT2D eigenvalue weighted by Crippen LogP contribution is -2.30. The molecule has 0 radical (unpaired) electrons. The van der Waals surface area contributed by atoms with Gasteiger partial charge in [-0.05, 0) is 36.2 Å². The van der Waals surface area contributed by atoms with E-state index in [0.29, 0.717) is 30.3 Å². The molecule has 1 aliphatic rings. The highest BCUT2D eigenvalue weighted by Crippen LogP contribution is 2.30. The summed E-state index contributed by atoms with van der Waals surface area (Å²) in [4.78, 5) is 27.0. The molecular weight excluding hydrogens is 376 g/mol. The molecule has 3 aromatic rings. The largest absolute Gasteiger partial charge is 0.455 e. The van der Waals surface area contributed by atoms with Gasteiger partial charge in [0.1, 0.15) is 5.75 Å². The van der Waals surface area contributed by atoms with E-state index in [-0.39, 0.29) is 24.2 Å². The summed E-state index contributed by atoms with van der Waals surface area (Å²) in [5.74, 6) is 0.775. The van der Waals surface area contributed by atoms with E-state index in [0.717, 1.165) is 6.42 Å². The Morgan fingerprint density at radius 3 is 2.37 bits per heavy atom. The van der Waals surface area contributed by atoms with Crippen molar-refractivity contribution in [1.82, 2.24) is 4.90 Å². The van der Waals surface area contributed by atoms with Crippen molar-refractivity contribution in [3.05, 3.63) is 90.5 Å². The van der Waals surface area contributed by atoms with E-state index in [1.165, 1.54) is 5.56 Å². The molecule has 5 nitrogen and oxygen atoms in total. The number of rotatable bonds is 7. The molecule has 1 fully saturated rings. The van der Waals surface area contributed by atoms with Crippen LogP contribution in [0.3, 0.4) is 0 Å². The highest BCUT2D eigenvalue weighted by Gasteiger charge is 2.34. The number of amides is 2. The Hall–Kier alpha value is -3.60. The molecule has 152 valence electrons. The normalized spacial score (nSPS) is 15.8. The summed E-state index contributed by atoms with van der Waals surface area (Å²) in [6.07, 6.45) is 1.02. The molecule has 5 heteroatoms. The number of carbonyl (C=O) groups excluding carboxylic acids is 2. The molecule has 0 bridgehead atoms. The Morgan fingerprint density at radius 1 is 0.933 bits per heavy atom. The zero-order valence-corrected chi connectivity index (χ0v) is 16.7. The topological polar surface area (TPSA) is 58.6 Å². The van der Waals surface area contributed by atoms with E-state index in [1.807, 2.05) is 66.7 Å². The maximum Gasteiger partial charge on any atom is 0.229 e. The number of nitrogens with one attached hydrogen (secondary N) is 1. The quantitative estimate of drug-likeness (QED) is 0.635. The molecule has 0 aromatic heterocycles. The first-order valence-corrected chi connectivity index (χ1v) is 10.1. The first kappa shape index (κ1) is 19.7. The van der Waals surface area contributed by atoms with Crippen LogP contribution in [0.1, 0.15) is 12.0 Å². The molecule has 1 N–H and O–H groups in total. The van der Waals surface area contributed by atoms with Crippen LogP contribution in [0.4, 0.5) is 5.69 Å². The van der Waals surface area contributed by atoms with Crippen LogP contribution in [0, 0.1) is 5.92 Å². The smallest absolute Gasteiger partial charge is 0.229 e. The van der Waals surface area contributed by atoms with Crippen LogP contribution in [0.2, 0.25) is 0 Å². The first-order valence-electron chi connectivity index (χ1n) is 10.1. The van der Waals surface area contributed by atoms with Gasteiger partial charge in [-0.2, -0.15) is 0 Å². The standard InChI is InChI=1S/C25H24N2O3/c28-24-17-20(18-27(24)16-15-19-9-3-1-4-10-19)25(29)26-22-13-7-8-14-23(22)30-21-11-5-2-6-12-21/h1-14,20H,15-18H2,(H,26,29)/t20-/m0/s1. The fourth-order valence-electron chi connectivity index (χ4n) is 3.58. The van der Waals surface area contributed by atoms with Crippen molar-refractivity contribution in [2.75, 3.05) is 18.4 Å². The summed E-state index contributed by atoms with van der Waals surface area (Å²) in [6.45, 7) is 1.07. The minimum absolute atomic E-state index is 0.0277. The second kappa shape index (κ2) is 9.27. The maximum atomic E-state index is 12.8. The molecule has 0 spiro atoms. The van der Waals surface area contributed by atoms with Crippen LogP contribution in [-0.2, 0) is 16.0 Å². The van der Waals surface area contributed by atoms with Gasteiger partial charge in [0.2, 0.25) is 11.8 Å². The third-order valence-corrected chi connectivity index (χ3v) is 5.21. The summed E-state index contributed by atoms with van der Waals surface area (Å²) in [5.41, 5.74) is 1.78. The van der Waals surface area contributed by atoms with E-state index >= 15 is 0 Å². The Morgan fingerprint density at radius 2 is 1.60 bits per heavy atom. The zero-order chi connectivity index (χ0) is 20.8. The predicted molar refractivity (Wildman–Crippen MR) is 116 cm³/mol. The minimum Gasteiger partial charge on any atom is -0.455 e. The van der Waals surface area contributed by atoms with Crippen LogP contribution in [-0.4, -0.2) is 29.8 Å². The van der Waals surface area contributed by atoms with Crippen molar-refractivity contribution < 1.29 is 14.3 Å². The Bertz CT molecular complexity index is 1010. The number of likely N-dealkylation sites (tertiary alicyclic amines) is 1. The van der Waals surface area contributed by atoms with E-state index in [9.17, 15) is 9.59 Å². The van der Waals surface area contributed by atoms with Crippen molar-refractivity contribution in [2.24, 2.45) is 5.92 Å².